The van der Waals surface area contributed by atoms with Gasteiger partial charge in [-0.15, -0.1) is 0 Å². The lowest BCUT2D eigenvalue weighted by Gasteiger charge is -2.17. The lowest BCUT2D eigenvalue weighted by Crippen LogP contribution is -2.40. The zero-order chi connectivity index (χ0) is 15.9. The van der Waals surface area contributed by atoms with Gasteiger partial charge in [0.15, 0.2) is 0 Å². The minimum Gasteiger partial charge on any atom is -0.496 e. The number of rotatable bonds is 5. The highest BCUT2D eigenvalue weighted by molar-refractivity contribution is 7.89. The van der Waals surface area contributed by atoms with E-state index in [4.69, 9.17) is 4.74 Å². The highest BCUT2D eigenvalue weighted by atomic mass is 32.2. The van der Waals surface area contributed by atoms with E-state index in [0.717, 1.165) is 18.7 Å². The summed E-state index contributed by atoms with van der Waals surface area (Å²) < 4.78 is 33.3. The maximum atomic E-state index is 12.6. The van der Waals surface area contributed by atoms with E-state index in [2.05, 4.69) is 16.5 Å². The van der Waals surface area contributed by atoms with E-state index in [9.17, 15) is 8.42 Å². The lowest BCUT2D eigenvalue weighted by atomic mass is 10.1. The van der Waals surface area contributed by atoms with Crippen LogP contribution in [0, 0.1) is 12.8 Å². The van der Waals surface area contributed by atoms with Crippen molar-refractivity contribution in [3.05, 3.63) is 23.8 Å². The van der Waals surface area contributed by atoms with Gasteiger partial charge >= 0.3 is 0 Å². The molecule has 1 heterocycles. The van der Waals surface area contributed by atoms with Crippen LogP contribution in [0.2, 0.25) is 0 Å². The first-order valence-electron chi connectivity index (χ1n) is 7.81. The van der Waals surface area contributed by atoms with E-state index < -0.39 is 10.0 Å². The third-order valence-corrected chi connectivity index (χ3v) is 6.17. The Morgan fingerprint density at radius 1 is 1.27 bits per heavy atom. The number of ether oxygens (including phenoxy) is 1. The Balaban J connectivity index is 1.74. The number of nitrogens with one attached hydrogen (secondary N) is 1. The first kappa shape index (κ1) is 15.8. The summed E-state index contributed by atoms with van der Waals surface area (Å²) in [6.45, 7) is 5.78. The van der Waals surface area contributed by atoms with Crippen LogP contribution in [0.4, 0.5) is 0 Å². The van der Waals surface area contributed by atoms with E-state index in [0.29, 0.717) is 22.6 Å². The first-order valence-corrected chi connectivity index (χ1v) is 9.30. The van der Waals surface area contributed by atoms with Crippen molar-refractivity contribution in [2.24, 2.45) is 5.92 Å². The van der Waals surface area contributed by atoms with E-state index in [1.165, 1.54) is 12.8 Å². The van der Waals surface area contributed by atoms with Gasteiger partial charge in [-0.3, -0.25) is 4.90 Å². The molecule has 1 N–H and O–H groups in total. The van der Waals surface area contributed by atoms with E-state index >= 15 is 0 Å². The van der Waals surface area contributed by atoms with Gasteiger partial charge in [0.2, 0.25) is 10.0 Å². The molecule has 5 nitrogen and oxygen atoms in total. The number of aryl methyl sites for hydroxylation is 1. The van der Waals surface area contributed by atoms with Crippen molar-refractivity contribution < 1.29 is 13.2 Å². The van der Waals surface area contributed by atoms with Crippen molar-refractivity contribution in [3.8, 4) is 5.75 Å². The largest absolute Gasteiger partial charge is 0.496 e. The Morgan fingerprint density at radius 3 is 2.59 bits per heavy atom. The van der Waals surface area contributed by atoms with Crippen LogP contribution < -0.4 is 9.46 Å². The maximum absolute atomic E-state index is 12.6. The van der Waals surface area contributed by atoms with Gasteiger partial charge in [-0.2, -0.15) is 0 Å². The molecular weight excluding hydrogens is 300 g/mol. The Hall–Kier alpha value is -1.11. The molecule has 1 aliphatic heterocycles. The van der Waals surface area contributed by atoms with Crippen molar-refractivity contribution in [3.63, 3.8) is 0 Å². The molecule has 0 unspecified atom stereocenters. The molecule has 0 amide bonds. The summed E-state index contributed by atoms with van der Waals surface area (Å²) >= 11 is 0. The standard InChI is InChI=1S/C16H24N2O3S/c1-11-8-14(6-7-16(11)21-3)22(19,20)17-15-10-18(9-12(15)2)13-4-5-13/h6-8,12-13,15,17H,4-5,9-10H2,1-3H3/t12-,15+/m1/s1. The number of benzene rings is 1. The number of hydrogen-bond acceptors (Lipinski definition) is 4. The molecule has 0 spiro atoms. The van der Waals surface area contributed by atoms with Crippen LogP contribution in [0.15, 0.2) is 23.1 Å². The predicted octanol–water partition coefficient (Wildman–Crippen LogP) is 1.76. The van der Waals surface area contributed by atoms with Gasteiger partial charge in [0.25, 0.3) is 0 Å². The number of methoxy groups -OCH3 is 1. The zero-order valence-corrected chi connectivity index (χ0v) is 14.2. The van der Waals surface area contributed by atoms with Crippen molar-refractivity contribution in [1.82, 2.24) is 9.62 Å². The summed E-state index contributed by atoms with van der Waals surface area (Å²) in [5, 5.41) is 0. The van der Waals surface area contributed by atoms with Crippen molar-refractivity contribution in [2.45, 2.75) is 43.7 Å². The van der Waals surface area contributed by atoms with E-state index in [1.54, 1.807) is 25.3 Å². The highest BCUT2D eigenvalue weighted by Crippen LogP contribution is 2.32. The lowest BCUT2D eigenvalue weighted by molar-refractivity contribution is 0.315. The Morgan fingerprint density at radius 2 is 2.00 bits per heavy atom. The van der Waals surface area contributed by atoms with Crippen LogP contribution in [-0.2, 0) is 10.0 Å². The summed E-state index contributed by atoms with van der Waals surface area (Å²) in [6, 6.07) is 5.65. The minimum absolute atomic E-state index is 0.00647. The quantitative estimate of drug-likeness (QED) is 0.897. The number of likely N-dealkylation sites (tertiary alicyclic amines) is 1. The molecule has 122 valence electrons. The Bertz CT molecular complexity index is 655. The van der Waals surface area contributed by atoms with Gasteiger partial charge in [-0.25, -0.2) is 13.1 Å². The van der Waals surface area contributed by atoms with Gasteiger partial charge in [0, 0.05) is 25.2 Å². The molecule has 3 rings (SSSR count). The minimum atomic E-state index is -3.49. The molecule has 0 bridgehead atoms. The van der Waals surface area contributed by atoms with Crippen molar-refractivity contribution in [2.75, 3.05) is 20.2 Å². The third kappa shape index (κ3) is 3.14. The van der Waals surface area contributed by atoms with Gasteiger partial charge in [0.1, 0.15) is 5.75 Å². The van der Waals surface area contributed by atoms with Gasteiger partial charge < -0.3 is 4.74 Å². The summed E-state index contributed by atoms with van der Waals surface area (Å²) in [5.41, 5.74) is 0.824. The molecule has 1 aromatic rings. The molecule has 1 saturated carbocycles. The summed E-state index contributed by atoms with van der Waals surface area (Å²) in [7, 11) is -1.90. The second-order valence-electron chi connectivity index (χ2n) is 6.52. The predicted molar refractivity (Wildman–Crippen MR) is 85.6 cm³/mol. The van der Waals surface area contributed by atoms with E-state index in [-0.39, 0.29) is 6.04 Å². The summed E-state index contributed by atoms with van der Waals surface area (Å²) in [4.78, 5) is 2.72. The van der Waals surface area contributed by atoms with Crippen LogP contribution in [0.25, 0.3) is 0 Å². The maximum Gasteiger partial charge on any atom is 0.240 e. The van der Waals surface area contributed by atoms with E-state index in [1.807, 2.05) is 6.92 Å². The van der Waals surface area contributed by atoms with Gasteiger partial charge in [-0.1, -0.05) is 6.92 Å². The number of nitrogens with zero attached hydrogens (tertiary/aromatic N) is 1. The zero-order valence-electron chi connectivity index (χ0n) is 13.4. The molecule has 1 saturated heterocycles. The smallest absolute Gasteiger partial charge is 0.240 e. The molecule has 0 aromatic heterocycles. The molecule has 6 heteroatoms. The average molecular weight is 324 g/mol. The fourth-order valence-corrected chi connectivity index (χ4v) is 4.60. The van der Waals surface area contributed by atoms with Crippen LogP contribution in [0.3, 0.4) is 0 Å². The fraction of sp³-hybridized carbons (Fsp3) is 0.625. The van der Waals surface area contributed by atoms with Crippen molar-refractivity contribution in [1.29, 1.82) is 0 Å². The Kier molecular flexibility index (Phi) is 4.18. The monoisotopic (exact) mass is 324 g/mol. The molecule has 22 heavy (non-hydrogen) atoms. The van der Waals surface area contributed by atoms with Crippen LogP contribution in [-0.4, -0.2) is 45.6 Å². The Labute approximate surface area is 132 Å². The number of hydrogen-bond donors (Lipinski definition) is 1. The fourth-order valence-electron chi connectivity index (χ4n) is 3.18. The molecule has 0 radical (unpaired) electrons. The van der Waals surface area contributed by atoms with Gasteiger partial charge in [-0.05, 0) is 49.4 Å². The topological polar surface area (TPSA) is 58.6 Å². The second-order valence-corrected chi connectivity index (χ2v) is 8.24. The van der Waals surface area contributed by atoms with Crippen LogP contribution >= 0.6 is 0 Å². The first-order chi connectivity index (χ1) is 10.4. The summed E-state index contributed by atoms with van der Waals surface area (Å²) in [5.74, 6) is 1.04. The van der Waals surface area contributed by atoms with Crippen LogP contribution in [0.5, 0.6) is 5.75 Å². The second kappa shape index (κ2) is 5.83. The normalized spacial score (nSPS) is 26.3. The molecule has 2 aliphatic rings. The third-order valence-electron chi connectivity index (χ3n) is 4.69. The van der Waals surface area contributed by atoms with Crippen LogP contribution in [0.1, 0.15) is 25.3 Å². The molecule has 1 aromatic carbocycles. The molecule has 2 fully saturated rings. The molecule has 2 atom stereocenters. The average Bonchev–Trinajstić information content (AvgIpc) is 3.25. The van der Waals surface area contributed by atoms with Crippen molar-refractivity contribution >= 4 is 10.0 Å². The molecule has 1 aliphatic carbocycles. The molecular formula is C16H24N2O3S. The highest BCUT2D eigenvalue weighted by Gasteiger charge is 2.39. The SMILES string of the molecule is COc1ccc(S(=O)(=O)N[C@H]2CN(C3CC3)C[C@H]2C)cc1C. The number of sulfonamides is 1. The van der Waals surface area contributed by atoms with Gasteiger partial charge in [0.05, 0.1) is 12.0 Å². The summed E-state index contributed by atoms with van der Waals surface area (Å²) in [6.07, 6.45) is 2.51.